The molecule has 0 aliphatic carbocycles. The molecular formula is Li8O6Ta-4. The fraction of sp³-hybridized carbons (Fsp3) is 0. The van der Waals surface area contributed by atoms with Crippen LogP contribution in [0, 0.1) is 0 Å². The SMILES string of the molecule is [Li+].[Li+].[Li+].[Li+].[Li+].[Li+].[Li+].[Li+].[O-2].[O-2].[O-2].[O-2].[O-2].[O-2].[Ta]. The molecule has 0 fully saturated rings. The van der Waals surface area contributed by atoms with Crippen molar-refractivity contribution in [2.45, 2.75) is 0 Å². The van der Waals surface area contributed by atoms with Gasteiger partial charge in [-0.2, -0.15) is 0 Å². The number of rotatable bonds is 0. The molecule has 0 rings (SSSR count). The Morgan fingerprint density at radius 1 is 0.200 bits per heavy atom. The second-order valence-electron chi connectivity index (χ2n) is 0. The largest absolute Gasteiger partial charge is 2.00 e. The molecule has 0 N–H and O–H groups in total. The van der Waals surface area contributed by atoms with Crippen LogP contribution in [-0.2, 0) is 55.2 Å². The molecule has 15 heavy (non-hydrogen) atoms. The van der Waals surface area contributed by atoms with Crippen molar-refractivity contribution < 1.29 is 206 Å². The molecule has 0 aliphatic heterocycles. The van der Waals surface area contributed by atoms with E-state index in [0.29, 0.717) is 0 Å². The maximum absolute atomic E-state index is 0. The van der Waals surface area contributed by atoms with Gasteiger partial charge in [0.05, 0.1) is 0 Å². The van der Waals surface area contributed by atoms with Gasteiger partial charge in [0.25, 0.3) is 0 Å². The van der Waals surface area contributed by atoms with Crippen molar-refractivity contribution in [1.29, 1.82) is 0 Å². The molecule has 0 aliphatic rings. The predicted molar refractivity (Wildman–Crippen MR) is 4.12 cm³/mol. The van der Waals surface area contributed by atoms with Crippen molar-refractivity contribution in [2.75, 3.05) is 0 Å². The van der Waals surface area contributed by atoms with E-state index in [1.54, 1.807) is 0 Å². The van der Waals surface area contributed by atoms with Crippen LogP contribution in [0.2, 0.25) is 0 Å². The van der Waals surface area contributed by atoms with Gasteiger partial charge in [0, 0.05) is 22.4 Å². The fourth-order valence-electron chi connectivity index (χ4n) is 0. The molecule has 0 saturated heterocycles. The molecule has 0 atom stereocenters. The van der Waals surface area contributed by atoms with Gasteiger partial charge >= 0.3 is 151 Å². The minimum atomic E-state index is 0. The smallest absolute Gasteiger partial charge is 1.00 e. The minimum absolute atomic E-state index is 0. The topological polar surface area (TPSA) is 171 Å². The van der Waals surface area contributed by atoms with Crippen LogP contribution >= 0.6 is 0 Å². The Hall–Kier alpha value is 5.28. The van der Waals surface area contributed by atoms with Crippen LogP contribution in [0.25, 0.3) is 0 Å². The van der Waals surface area contributed by atoms with Crippen LogP contribution in [0.3, 0.4) is 0 Å². The van der Waals surface area contributed by atoms with Gasteiger partial charge < -0.3 is 32.9 Å². The first-order chi connectivity index (χ1) is 0. The summed E-state index contributed by atoms with van der Waals surface area (Å²) >= 11 is 0. The van der Waals surface area contributed by atoms with Crippen molar-refractivity contribution >= 4 is 0 Å². The first-order valence-corrected chi connectivity index (χ1v) is 0. The Bertz CT molecular complexity index is 19.1. The van der Waals surface area contributed by atoms with Gasteiger partial charge in [-0.05, 0) is 0 Å². The molecule has 6 nitrogen and oxygen atoms in total. The van der Waals surface area contributed by atoms with Gasteiger partial charge in [-0.25, -0.2) is 0 Å². The van der Waals surface area contributed by atoms with Crippen molar-refractivity contribution in [1.82, 2.24) is 0 Å². The van der Waals surface area contributed by atoms with Crippen LogP contribution in [0.15, 0.2) is 0 Å². The van der Waals surface area contributed by atoms with Gasteiger partial charge in [-0.1, -0.05) is 0 Å². The van der Waals surface area contributed by atoms with Gasteiger partial charge in [0.2, 0.25) is 0 Å². The van der Waals surface area contributed by atoms with Crippen molar-refractivity contribution in [3.8, 4) is 0 Å². The summed E-state index contributed by atoms with van der Waals surface area (Å²) in [5, 5.41) is 0. The van der Waals surface area contributed by atoms with Gasteiger partial charge in [-0.3, -0.25) is 0 Å². The van der Waals surface area contributed by atoms with E-state index in [0.717, 1.165) is 0 Å². The Balaban J connectivity index is 0. The fourth-order valence-corrected chi connectivity index (χ4v) is 0. The predicted octanol–water partition coefficient (Wildman–Crippen LogP) is -24.7. The molecule has 0 aromatic carbocycles. The van der Waals surface area contributed by atoms with Crippen LogP contribution in [0.5, 0.6) is 0 Å². The van der Waals surface area contributed by atoms with E-state index in [1.165, 1.54) is 0 Å². The standard InChI is InChI=1S/8Li.6O.Ta/q8*+1;6*-2;. The first-order valence-electron chi connectivity index (χ1n) is 0. The molecule has 0 unspecified atom stereocenters. The van der Waals surface area contributed by atoms with Crippen molar-refractivity contribution in [3.05, 3.63) is 0 Å². The van der Waals surface area contributed by atoms with Crippen LogP contribution < -0.4 is 151 Å². The van der Waals surface area contributed by atoms with Gasteiger partial charge in [0.1, 0.15) is 0 Å². The summed E-state index contributed by atoms with van der Waals surface area (Å²) in [6.07, 6.45) is 0. The molecule has 0 amide bonds. The molecule has 15 heteroatoms. The molecular weight excluding hydrogens is 332 g/mol. The second-order valence-corrected chi connectivity index (χ2v) is 0. The van der Waals surface area contributed by atoms with E-state index in [2.05, 4.69) is 0 Å². The summed E-state index contributed by atoms with van der Waals surface area (Å²) in [6.45, 7) is 0. The molecule has 1 radical (unpaired) electrons. The molecule has 0 spiro atoms. The molecule has 0 heterocycles. The summed E-state index contributed by atoms with van der Waals surface area (Å²) in [6, 6.07) is 0. The maximum atomic E-state index is 0. The minimum Gasteiger partial charge on any atom is -2.00 e. The van der Waals surface area contributed by atoms with E-state index in [9.17, 15) is 0 Å². The summed E-state index contributed by atoms with van der Waals surface area (Å²) in [4.78, 5) is 0. The third kappa shape index (κ3) is 207. The van der Waals surface area contributed by atoms with Crippen LogP contribution in [0.1, 0.15) is 0 Å². The zero-order valence-electron chi connectivity index (χ0n) is 10.9. The maximum Gasteiger partial charge on any atom is 1.00 e. The van der Waals surface area contributed by atoms with Gasteiger partial charge in [-0.15, -0.1) is 0 Å². The van der Waals surface area contributed by atoms with Crippen molar-refractivity contribution in [2.24, 2.45) is 0 Å². The summed E-state index contributed by atoms with van der Waals surface area (Å²) in [7, 11) is 0. The quantitative estimate of drug-likeness (QED) is 0.384. The molecule has 0 bridgehead atoms. The van der Waals surface area contributed by atoms with Crippen LogP contribution in [0.4, 0.5) is 0 Å². The zero-order chi connectivity index (χ0) is 0. The Morgan fingerprint density at radius 2 is 0.200 bits per heavy atom. The second kappa shape index (κ2) is 231. The van der Waals surface area contributed by atoms with Crippen LogP contribution in [-0.4, -0.2) is 0 Å². The molecule has 53 valence electrons. The Labute approximate surface area is 202 Å². The third-order valence-electron chi connectivity index (χ3n) is 0. The Morgan fingerprint density at radius 3 is 0.200 bits per heavy atom. The Kier molecular flexibility index (Phi) is 4170. The van der Waals surface area contributed by atoms with E-state index in [4.69, 9.17) is 0 Å². The summed E-state index contributed by atoms with van der Waals surface area (Å²) in [5.74, 6) is 0. The first kappa shape index (κ1) is 270. The number of hydrogen-bond acceptors (Lipinski definition) is 0. The van der Waals surface area contributed by atoms with Crippen molar-refractivity contribution in [3.63, 3.8) is 0 Å². The zero-order valence-corrected chi connectivity index (χ0v) is 14.1. The average molecular weight is 332 g/mol. The van der Waals surface area contributed by atoms with E-state index < -0.39 is 0 Å². The van der Waals surface area contributed by atoms with E-state index in [-0.39, 0.29) is 206 Å². The molecule has 0 aromatic heterocycles. The summed E-state index contributed by atoms with van der Waals surface area (Å²) < 4.78 is 0. The van der Waals surface area contributed by atoms with E-state index in [1.807, 2.05) is 0 Å². The molecule has 0 aromatic rings. The number of hydrogen-bond donors (Lipinski definition) is 0. The third-order valence-corrected chi connectivity index (χ3v) is 0. The van der Waals surface area contributed by atoms with Gasteiger partial charge in [0.15, 0.2) is 0 Å². The average Bonchev–Trinajstić information content (AvgIpc) is 0. The molecule has 0 saturated carbocycles. The normalized spacial score (nSPS) is 0. The summed E-state index contributed by atoms with van der Waals surface area (Å²) in [5.41, 5.74) is 0. The monoisotopic (exact) mass is 333 g/mol. The van der Waals surface area contributed by atoms with E-state index >= 15 is 0 Å².